The van der Waals surface area contributed by atoms with Crippen molar-refractivity contribution in [3.05, 3.63) is 34.9 Å². The maximum absolute atomic E-state index is 10.5. The number of hydrogen-bond acceptors (Lipinski definition) is 2. The Morgan fingerprint density at radius 2 is 2.05 bits per heavy atom. The molecule has 2 heteroatoms. The Balaban J connectivity index is 2.04. The minimum Gasteiger partial charge on any atom is -0.387 e. The molecule has 1 aliphatic heterocycles. The zero-order valence-electron chi connectivity index (χ0n) is 12.5. The van der Waals surface area contributed by atoms with Gasteiger partial charge in [0.2, 0.25) is 0 Å². The molecule has 1 N–H and O–H groups in total. The summed E-state index contributed by atoms with van der Waals surface area (Å²) in [5, 5.41) is 10.5. The highest BCUT2D eigenvalue weighted by Crippen LogP contribution is 2.23. The van der Waals surface area contributed by atoms with Crippen molar-refractivity contribution in [2.45, 2.75) is 58.6 Å². The van der Waals surface area contributed by atoms with Crippen LogP contribution < -0.4 is 0 Å². The van der Waals surface area contributed by atoms with Gasteiger partial charge in [-0.25, -0.2) is 0 Å². The van der Waals surface area contributed by atoms with E-state index in [1.807, 2.05) is 0 Å². The van der Waals surface area contributed by atoms with Crippen LogP contribution in [0.15, 0.2) is 18.2 Å². The third-order valence-electron chi connectivity index (χ3n) is 4.38. The van der Waals surface area contributed by atoms with E-state index in [4.69, 9.17) is 0 Å². The highest BCUT2D eigenvalue weighted by Gasteiger charge is 2.21. The predicted octanol–water partition coefficient (Wildman–Crippen LogP) is 3.60. The fourth-order valence-corrected chi connectivity index (χ4v) is 3.13. The van der Waals surface area contributed by atoms with Gasteiger partial charge in [0, 0.05) is 12.6 Å². The number of β-amino-alcohol motifs (C(OH)–C–C–N with tert-alkyl or cyclic N) is 1. The van der Waals surface area contributed by atoms with E-state index in [1.54, 1.807) is 0 Å². The van der Waals surface area contributed by atoms with Crippen LogP contribution in [0.25, 0.3) is 0 Å². The van der Waals surface area contributed by atoms with Crippen LogP contribution in [-0.2, 0) is 0 Å². The minimum absolute atomic E-state index is 0.360. The summed E-state index contributed by atoms with van der Waals surface area (Å²) in [5.41, 5.74) is 3.55. The molecule has 0 amide bonds. The summed E-state index contributed by atoms with van der Waals surface area (Å²) >= 11 is 0. The third kappa shape index (κ3) is 3.80. The normalized spacial score (nSPS) is 23.1. The molecular formula is C17H27NO. The second-order valence-electron chi connectivity index (χ2n) is 6.07. The molecule has 19 heavy (non-hydrogen) atoms. The fraction of sp³-hybridized carbons (Fsp3) is 0.647. The quantitative estimate of drug-likeness (QED) is 0.898. The van der Waals surface area contributed by atoms with Crippen LogP contribution in [0.4, 0.5) is 0 Å². The number of aryl methyl sites for hydroxylation is 2. The fourth-order valence-electron chi connectivity index (χ4n) is 3.13. The molecule has 2 unspecified atom stereocenters. The molecule has 0 spiro atoms. The first-order valence-corrected chi connectivity index (χ1v) is 7.57. The van der Waals surface area contributed by atoms with E-state index in [2.05, 4.69) is 43.9 Å². The van der Waals surface area contributed by atoms with Gasteiger partial charge in [0.25, 0.3) is 0 Å². The Bertz CT molecular complexity index is 416. The first kappa shape index (κ1) is 14.5. The van der Waals surface area contributed by atoms with Gasteiger partial charge in [0.05, 0.1) is 6.10 Å². The van der Waals surface area contributed by atoms with E-state index in [9.17, 15) is 5.11 Å². The zero-order valence-corrected chi connectivity index (χ0v) is 12.5. The molecule has 1 heterocycles. The van der Waals surface area contributed by atoms with E-state index in [1.165, 1.54) is 36.8 Å². The highest BCUT2D eigenvalue weighted by molar-refractivity contribution is 5.32. The Morgan fingerprint density at radius 3 is 2.79 bits per heavy atom. The molecule has 2 rings (SSSR count). The van der Waals surface area contributed by atoms with Crippen LogP contribution >= 0.6 is 0 Å². The van der Waals surface area contributed by atoms with Gasteiger partial charge in [-0.15, -0.1) is 0 Å². The third-order valence-corrected chi connectivity index (χ3v) is 4.38. The molecule has 1 aromatic carbocycles. The van der Waals surface area contributed by atoms with Gasteiger partial charge in [-0.05, 0) is 51.3 Å². The van der Waals surface area contributed by atoms with E-state index < -0.39 is 0 Å². The maximum atomic E-state index is 10.5. The SMILES string of the molecule is Cc1ccc(C(O)CN2CCCCCC2C)c(C)c1. The summed E-state index contributed by atoms with van der Waals surface area (Å²) in [6.45, 7) is 8.38. The zero-order chi connectivity index (χ0) is 13.8. The van der Waals surface area contributed by atoms with Gasteiger partial charge in [0.15, 0.2) is 0 Å². The molecule has 1 saturated heterocycles. The van der Waals surface area contributed by atoms with Crippen LogP contribution in [0.3, 0.4) is 0 Å². The number of benzene rings is 1. The van der Waals surface area contributed by atoms with Crippen molar-refractivity contribution in [2.75, 3.05) is 13.1 Å². The first-order valence-electron chi connectivity index (χ1n) is 7.57. The van der Waals surface area contributed by atoms with Crippen molar-refractivity contribution < 1.29 is 5.11 Å². The summed E-state index contributed by atoms with van der Waals surface area (Å²) < 4.78 is 0. The van der Waals surface area contributed by atoms with Crippen molar-refractivity contribution in [3.63, 3.8) is 0 Å². The molecule has 106 valence electrons. The van der Waals surface area contributed by atoms with Crippen LogP contribution in [0.1, 0.15) is 55.4 Å². The lowest BCUT2D eigenvalue weighted by Crippen LogP contribution is -2.36. The summed E-state index contributed by atoms with van der Waals surface area (Å²) in [4.78, 5) is 2.46. The molecule has 1 fully saturated rings. The molecule has 0 radical (unpaired) electrons. The van der Waals surface area contributed by atoms with Gasteiger partial charge in [-0.2, -0.15) is 0 Å². The summed E-state index contributed by atoms with van der Waals surface area (Å²) in [6.07, 6.45) is 4.84. The van der Waals surface area contributed by atoms with Gasteiger partial charge in [-0.3, -0.25) is 4.90 Å². The predicted molar refractivity (Wildman–Crippen MR) is 80.4 cm³/mol. The maximum Gasteiger partial charge on any atom is 0.0919 e. The molecular weight excluding hydrogens is 234 g/mol. The van der Waals surface area contributed by atoms with Gasteiger partial charge in [-0.1, -0.05) is 36.6 Å². The van der Waals surface area contributed by atoms with E-state index in [-0.39, 0.29) is 6.10 Å². The van der Waals surface area contributed by atoms with Crippen LogP contribution in [0.2, 0.25) is 0 Å². The Hall–Kier alpha value is -0.860. The second-order valence-corrected chi connectivity index (χ2v) is 6.07. The van der Waals surface area contributed by atoms with Crippen LogP contribution in [0, 0.1) is 13.8 Å². The van der Waals surface area contributed by atoms with E-state index in [0.717, 1.165) is 18.7 Å². The molecule has 0 bridgehead atoms. The summed E-state index contributed by atoms with van der Waals surface area (Å²) in [6, 6.07) is 6.93. The molecule has 1 aliphatic rings. The molecule has 2 atom stereocenters. The van der Waals surface area contributed by atoms with Crippen LogP contribution in [0.5, 0.6) is 0 Å². The number of hydrogen-bond donors (Lipinski definition) is 1. The van der Waals surface area contributed by atoms with Gasteiger partial charge in [0.1, 0.15) is 0 Å². The number of rotatable bonds is 3. The number of aliphatic hydroxyl groups is 1. The Kier molecular flexibility index (Phi) is 5.00. The van der Waals surface area contributed by atoms with Crippen molar-refractivity contribution in [1.29, 1.82) is 0 Å². The second kappa shape index (κ2) is 6.53. The summed E-state index contributed by atoms with van der Waals surface area (Å²) in [7, 11) is 0. The Labute approximate surface area is 117 Å². The monoisotopic (exact) mass is 261 g/mol. The smallest absolute Gasteiger partial charge is 0.0919 e. The molecule has 2 nitrogen and oxygen atoms in total. The first-order chi connectivity index (χ1) is 9.08. The standard InChI is InChI=1S/C17H27NO/c1-13-8-9-16(14(2)11-13)17(19)12-18-10-6-4-5-7-15(18)3/h8-9,11,15,17,19H,4-7,10,12H2,1-3H3. The molecule has 1 aromatic rings. The number of nitrogens with zero attached hydrogens (tertiary/aromatic N) is 1. The average molecular weight is 261 g/mol. The molecule has 0 saturated carbocycles. The van der Waals surface area contributed by atoms with Gasteiger partial charge < -0.3 is 5.11 Å². The number of likely N-dealkylation sites (tertiary alicyclic amines) is 1. The lowest BCUT2D eigenvalue weighted by Gasteiger charge is -2.29. The topological polar surface area (TPSA) is 23.5 Å². The van der Waals surface area contributed by atoms with Crippen molar-refractivity contribution in [3.8, 4) is 0 Å². The largest absolute Gasteiger partial charge is 0.387 e. The van der Waals surface area contributed by atoms with Crippen LogP contribution in [-0.4, -0.2) is 29.1 Å². The Morgan fingerprint density at radius 1 is 1.26 bits per heavy atom. The lowest BCUT2D eigenvalue weighted by atomic mass is 10.0. The minimum atomic E-state index is -0.360. The molecule has 0 aromatic heterocycles. The summed E-state index contributed by atoms with van der Waals surface area (Å²) in [5.74, 6) is 0. The van der Waals surface area contributed by atoms with Crippen molar-refractivity contribution in [1.82, 2.24) is 4.90 Å². The van der Waals surface area contributed by atoms with E-state index in [0.29, 0.717) is 6.04 Å². The number of aliphatic hydroxyl groups excluding tert-OH is 1. The lowest BCUT2D eigenvalue weighted by molar-refractivity contribution is 0.0924. The van der Waals surface area contributed by atoms with E-state index >= 15 is 0 Å². The molecule has 0 aliphatic carbocycles. The van der Waals surface area contributed by atoms with Gasteiger partial charge >= 0.3 is 0 Å². The van der Waals surface area contributed by atoms with Crippen molar-refractivity contribution in [2.24, 2.45) is 0 Å². The van der Waals surface area contributed by atoms with Crippen molar-refractivity contribution >= 4 is 0 Å². The average Bonchev–Trinajstić information content (AvgIpc) is 2.55. The highest BCUT2D eigenvalue weighted by atomic mass is 16.3.